The number of aromatic nitrogens is 1. The van der Waals surface area contributed by atoms with E-state index in [0.29, 0.717) is 11.5 Å². The molecule has 0 aliphatic heterocycles. The summed E-state index contributed by atoms with van der Waals surface area (Å²) >= 11 is 1.67. The van der Waals surface area contributed by atoms with Gasteiger partial charge in [-0.3, -0.25) is 0 Å². The smallest absolute Gasteiger partial charge is 0.358 e. The standard InChI is InChI=1S/C16H13NO3S/c18-16(19)15-8-14(20-17-15)10-21-9-11-5-6-12-3-1-2-4-13(12)7-11/h1-8H,9-10H2,(H,18,19). The Morgan fingerprint density at radius 3 is 2.67 bits per heavy atom. The maximum Gasteiger partial charge on any atom is 0.358 e. The first kappa shape index (κ1) is 13.7. The zero-order valence-electron chi connectivity index (χ0n) is 11.2. The van der Waals surface area contributed by atoms with Crippen molar-refractivity contribution in [2.24, 2.45) is 0 Å². The molecule has 0 saturated carbocycles. The quantitative estimate of drug-likeness (QED) is 0.772. The molecule has 106 valence electrons. The van der Waals surface area contributed by atoms with Gasteiger partial charge in [0, 0.05) is 11.8 Å². The van der Waals surface area contributed by atoms with Crippen LogP contribution in [0.5, 0.6) is 0 Å². The Kier molecular flexibility index (Phi) is 3.92. The Morgan fingerprint density at radius 2 is 1.90 bits per heavy atom. The molecule has 1 heterocycles. The second-order valence-electron chi connectivity index (χ2n) is 4.66. The van der Waals surface area contributed by atoms with Crippen molar-refractivity contribution in [3.8, 4) is 0 Å². The van der Waals surface area contributed by atoms with Crippen LogP contribution in [0.25, 0.3) is 10.8 Å². The maximum absolute atomic E-state index is 10.7. The molecule has 21 heavy (non-hydrogen) atoms. The van der Waals surface area contributed by atoms with E-state index in [4.69, 9.17) is 9.63 Å². The molecule has 0 aliphatic carbocycles. The lowest BCUT2D eigenvalue weighted by molar-refractivity contribution is 0.0685. The Balaban J connectivity index is 1.62. The molecule has 0 unspecified atom stereocenters. The van der Waals surface area contributed by atoms with E-state index in [9.17, 15) is 4.79 Å². The fraction of sp³-hybridized carbons (Fsp3) is 0.125. The first-order valence-corrected chi connectivity index (χ1v) is 7.62. The first-order valence-electron chi connectivity index (χ1n) is 6.47. The molecular formula is C16H13NO3S. The maximum atomic E-state index is 10.7. The molecule has 0 atom stereocenters. The number of carbonyl (C=O) groups is 1. The summed E-state index contributed by atoms with van der Waals surface area (Å²) < 4.78 is 4.98. The van der Waals surface area contributed by atoms with E-state index in [2.05, 4.69) is 35.5 Å². The Morgan fingerprint density at radius 1 is 1.10 bits per heavy atom. The van der Waals surface area contributed by atoms with Crippen molar-refractivity contribution < 1.29 is 14.4 Å². The van der Waals surface area contributed by atoms with Crippen molar-refractivity contribution in [3.05, 3.63) is 65.5 Å². The molecule has 0 bridgehead atoms. The Bertz CT molecular complexity index is 782. The molecule has 3 rings (SSSR count). The number of benzene rings is 2. The monoisotopic (exact) mass is 299 g/mol. The van der Waals surface area contributed by atoms with Crippen LogP contribution >= 0.6 is 11.8 Å². The highest BCUT2D eigenvalue weighted by Gasteiger charge is 2.10. The van der Waals surface area contributed by atoms with Crippen molar-refractivity contribution in [3.63, 3.8) is 0 Å². The van der Waals surface area contributed by atoms with Gasteiger partial charge < -0.3 is 9.63 Å². The second kappa shape index (κ2) is 6.01. The van der Waals surface area contributed by atoms with Crippen LogP contribution < -0.4 is 0 Å². The Hall–Kier alpha value is -2.27. The van der Waals surface area contributed by atoms with Gasteiger partial charge in [0.2, 0.25) is 0 Å². The number of hydrogen-bond donors (Lipinski definition) is 1. The minimum atomic E-state index is -1.07. The lowest BCUT2D eigenvalue weighted by Crippen LogP contribution is -1.94. The molecule has 4 nitrogen and oxygen atoms in total. The SMILES string of the molecule is O=C(O)c1cc(CSCc2ccc3ccccc3c2)on1. The normalized spacial score (nSPS) is 10.9. The molecule has 5 heteroatoms. The number of rotatable bonds is 5. The second-order valence-corrected chi connectivity index (χ2v) is 5.64. The Labute approximate surface area is 125 Å². The highest BCUT2D eigenvalue weighted by Crippen LogP contribution is 2.22. The first-order chi connectivity index (χ1) is 10.2. The molecule has 0 fully saturated rings. The van der Waals surface area contributed by atoms with Crippen LogP contribution in [0.15, 0.2) is 53.1 Å². The molecule has 0 spiro atoms. The summed E-state index contributed by atoms with van der Waals surface area (Å²) in [5.74, 6) is 0.962. The predicted molar refractivity (Wildman–Crippen MR) is 82.4 cm³/mol. The highest BCUT2D eigenvalue weighted by molar-refractivity contribution is 7.97. The number of carboxylic acid groups (broad SMARTS) is 1. The van der Waals surface area contributed by atoms with Crippen LogP contribution in [0.1, 0.15) is 21.8 Å². The zero-order chi connectivity index (χ0) is 14.7. The number of carboxylic acids is 1. The molecule has 0 saturated heterocycles. The number of hydrogen-bond acceptors (Lipinski definition) is 4. The van der Waals surface area contributed by atoms with Crippen LogP contribution in [0.2, 0.25) is 0 Å². The van der Waals surface area contributed by atoms with Crippen molar-refractivity contribution >= 4 is 28.5 Å². The van der Waals surface area contributed by atoms with E-state index in [1.54, 1.807) is 11.8 Å². The van der Waals surface area contributed by atoms with Crippen molar-refractivity contribution in [1.82, 2.24) is 5.16 Å². The van der Waals surface area contributed by atoms with Crippen LogP contribution in [0.3, 0.4) is 0 Å². The van der Waals surface area contributed by atoms with Gasteiger partial charge in [-0.05, 0) is 16.3 Å². The fourth-order valence-electron chi connectivity index (χ4n) is 2.08. The van der Waals surface area contributed by atoms with Gasteiger partial charge in [0.25, 0.3) is 0 Å². The number of aromatic carboxylic acids is 1. The topological polar surface area (TPSA) is 63.3 Å². The van der Waals surface area contributed by atoms with Gasteiger partial charge in [0.05, 0.1) is 5.75 Å². The van der Waals surface area contributed by atoms with E-state index >= 15 is 0 Å². The number of fused-ring (bicyclic) bond motifs is 1. The molecule has 1 aromatic heterocycles. The van der Waals surface area contributed by atoms with E-state index in [1.807, 2.05) is 12.1 Å². The summed E-state index contributed by atoms with van der Waals surface area (Å²) in [6.45, 7) is 0. The predicted octanol–water partition coefficient (Wildman–Crippen LogP) is 3.96. The van der Waals surface area contributed by atoms with Crippen molar-refractivity contribution in [2.75, 3.05) is 0 Å². The third-order valence-corrected chi connectivity index (χ3v) is 4.13. The van der Waals surface area contributed by atoms with E-state index in [1.165, 1.54) is 22.4 Å². The van der Waals surface area contributed by atoms with Gasteiger partial charge in [-0.2, -0.15) is 0 Å². The largest absolute Gasteiger partial charge is 0.476 e. The summed E-state index contributed by atoms with van der Waals surface area (Å²) in [5.41, 5.74) is 1.19. The van der Waals surface area contributed by atoms with Crippen molar-refractivity contribution in [1.29, 1.82) is 0 Å². The summed E-state index contributed by atoms with van der Waals surface area (Å²) in [6, 6.07) is 16.1. The van der Waals surface area contributed by atoms with Crippen LogP contribution in [-0.4, -0.2) is 16.2 Å². The van der Waals surface area contributed by atoms with E-state index in [0.717, 1.165) is 5.75 Å². The average Bonchev–Trinajstić information content (AvgIpc) is 2.96. The van der Waals surface area contributed by atoms with Gasteiger partial charge in [-0.25, -0.2) is 4.79 Å². The van der Waals surface area contributed by atoms with Crippen LogP contribution in [-0.2, 0) is 11.5 Å². The molecule has 0 aliphatic rings. The average molecular weight is 299 g/mol. The molecule has 0 amide bonds. The van der Waals surface area contributed by atoms with E-state index in [-0.39, 0.29) is 5.69 Å². The molecule has 3 aromatic rings. The summed E-state index contributed by atoms with van der Waals surface area (Å²) in [6.07, 6.45) is 0. The van der Waals surface area contributed by atoms with Crippen LogP contribution in [0.4, 0.5) is 0 Å². The minimum Gasteiger partial charge on any atom is -0.476 e. The lowest BCUT2D eigenvalue weighted by Gasteiger charge is -2.03. The number of nitrogens with zero attached hydrogens (tertiary/aromatic N) is 1. The molecule has 1 N–H and O–H groups in total. The third-order valence-electron chi connectivity index (χ3n) is 3.10. The lowest BCUT2D eigenvalue weighted by atomic mass is 10.1. The third kappa shape index (κ3) is 3.25. The zero-order valence-corrected chi connectivity index (χ0v) is 12.0. The van der Waals surface area contributed by atoms with Crippen molar-refractivity contribution in [2.45, 2.75) is 11.5 Å². The molecular weight excluding hydrogens is 286 g/mol. The van der Waals surface area contributed by atoms with Gasteiger partial charge in [0.15, 0.2) is 5.69 Å². The van der Waals surface area contributed by atoms with Crippen LogP contribution in [0, 0.1) is 0 Å². The summed E-state index contributed by atoms with van der Waals surface area (Å²) in [4.78, 5) is 10.7. The summed E-state index contributed by atoms with van der Waals surface area (Å²) in [7, 11) is 0. The highest BCUT2D eigenvalue weighted by atomic mass is 32.2. The summed E-state index contributed by atoms with van der Waals surface area (Å²) in [5, 5.41) is 14.7. The molecule has 0 radical (unpaired) electrons. The van der Waals surface area contributed by atoms with Gasteiger partial charge in [-0.15, -0.1) is 11.8 Å². The molecule has 2 aromatic carbocycles. The van der Waals surface area contributed by atoms with Gasteiger partial charge >= 0.3 is 5.97 Å². The minimum absolute atomic E-state index is 0.0451. The van der Waals surface area contributed by atoms with Gasteiger partial charge in [-0.1, -0.05) is 47.6 Å². The van der Waals surface area contributed by atoms with E-state index < -0.39 is 5.97 Å². The number of thioether (sulfide) groups is 1. The fourth-order valence-corrected chi connectivity index (χ4v) is 2.93. The van der Waals surface area contributed by atoms with Gasteiger partial charge in [0.1, 0.15) is 5.76 Å².